The van der Waals surface area contributed by atoms with E-state index in [0.29, 0.717) is 5.70 Å². The highest BCUT2D eigenvalue weighted by atomic mass is 79.9. The Morgan fingerprint density at radius 3 is 2.70 bits per heavy atom. The fourth-order valence-electron chi connectivity index (χ4n) is 2.45. The Kier molecular flexibility index (Phi) is 5.38. The predicted molar refractivity (Wildman–Crippen MR) is 82.7 cm³/mol. The average Bonchev–Trinajstić information content (AvgIpc) is 2.42. The Morgan fingerprint density at radius 2 is 2.15 bits per heavy atom. The summed E-state index contributed by atoms with van der Waals surface area (Å²) in [5.41, 5.74) is 0.627. The lowest BCUT2D eigenvalue weighted by Crippen LogP contribution is -2.56. The van der Waals surface area contributed by atoms with Gasteiger partial charge in [0.05, 0.1) is 6.04 Å². The van der Waals surface area contributed by atoms with Crippen molar-refractivity contribution in [2.45, 2.75) is 10.6 Å². The number of hydrogen-bond donors (Lipinski definition) is 2. The molecule has 0 saturated carbocycles. The molecular weight excluding hydrogens is 346 g/mol. The lowest BCUT2D eigenvalue weighted by molar-refractivity contribution is 0.0235. The van der Waals surface area contributed by atoms with Gasteiger partial charge in [0, 0.05) is 39.0 Å². The Bertz CT molecular complexity index is 438. The number of rotatable bonds is 4. The molecule has 20 heavy (non-hydrogen) atoms. The molecule has 1 aliphatic heterocycles. The number of piperazine rings is 1. The Morgan fingerprint density at radius 1 is 1.50 bits per heavy atom. The van der Waals surface area contributed by atoms with E-state index in [1.54, 1.807) is 13.2 Å². The molecule has 0 spiro atoms. The van der Waals surface area contributed by atoms with Crippen molar-refractivity contribution in [3.05, 3.63) is 23.9 Å². The second kappa shape index (κ2) is 6.67. The highest BCUT2D eigenvalue weighted by Gasteiger charge is 2.39. The number of likely N-dealkylation sites (N-methyl/N-ethyl adjacent to an activating group) is 1. The molecule has 1 heterocycles. The van der Waals surface area contributed by atoms with Crippen LogP contribution >= 0.6 is 15.9 Å². The molecule has 114 valence electrons. The van der Waals surface area contributed by atoms with Crippen LogP contribution in [0.2, 0.25) is 0 Å². The van der Waals surface area contributed by atoms with Crippen LogP contribution in [0.4, 0.5) is 0 Å². The maximum absolute atomic E-state index is 10.9. The molecule has 1 saturated heterocycles. The third kappa shape index (κ3) is 3.69. The average molecular weight is 366 g/mol. The number of hydrogen-bond acceptors (Lipinski definition) is 4. The SMILES string of the molecule is COC1(Br)C=CC(NS(=O)O)=CC1N1CCN(C)CC1. The van der Waals surface area contributed by atoms with Crippen LogP contribution in [0.3, 0.4) is 0 Å². The summed E-state index contributed by atoms with van der Waals surface area (Å²) in [4.78, 5) is 4.59. The zero-order valence-corrected chi connectivity index (χ0v) is 14.0. The molecule has 2 N–H and O–H groups in total. The quantitative estimate of drug-likeness (QED) is 0.561. The lowest BCUT2D eigenvalue weighted by atomic mass is 10.0. The standard InChI is InChI=1S/C12H20BrN3O3S/c1-15-5-7-16(8-6-15)11-9-10(14-20(17)18)3-4-12(11,13)19-2/h3-4,9,11,14H,5-8H2,1-2H3,(H,17,18). The maximum atomic E-state index is 10.9. The third-order valence-electron chi connectivity index (χ3n) is 3.68. The van der Waals surface area contributed by atoms with E-state index in [1.807, 2.05) is 12.2 Å². The molecule has 3 atom stereocenters. The fourth-order valence-corrected chi connectivity index (χ4v) is 3.34. The van der Waals surface area contributed by atoms with Gasteiger partial charge in [-0.1, -0.05) is 0 Å². The molecule has 0 amide bonds. The topological polar surface area (TPSA) is 65.0 Å². The number of halogens is 1. The Balaban J connectivity index is 2.18. The summed E-state index contributed by atoms with van der Waals surface area (Å²) in [6.07, 6.45) is 5.54. The molecule has 0 bridgehead atoms. The van der Waals surface area contributed by atoms with E-state index in [2.05, 4.69) is 37.5 Å². The summed E-state index contributed by atoms with van der Waals surface area (Å²) in [6.45, 7) is 3.85. The second-order valence-corrected chi connectivity index (χ2v) is 6.93. The van der Waals surface area contributed by atoms with E-state index < -0.39 is 15.8 Å². The van der Waals surface area contributed by atoms with Gasteiger partial charge in [-0.15, -0.1) is 0 Å². The van der Waals surface area contributed by atoms with Gasteiger partial charge in [-0.2, -0.15) is 0 Å². The first-order chi connectivity index (χ1) is 9.44. The van der Waals surface area contributed by atoms with Crippen LogP contribution in [0.15, 0.2) is 23.9 Å². The van der Waals surface area contributed by atoms with Gasteiger partial charge in [-0.25, -0.2) is 4.21 Å². The minimum atomic E-state index is -2.07. The van der Waals surface area contributed by atoms with E-state index in [4.69, 9.17) is 9.29 Å². The van der Waals surface area contributed by atoms with Gasteiger partial charge in [0.1, 0.15) is 0 Å². The summed E-state index contributed by atoms with van der Waals surface area (Å²) >= 11 is 1.56. The van der Waals surface area contributed by atoms with E-state index in [1.165, 1.54) is 0 Å². The number of allylic oxidation sites excluding steroid dienone is 1. The summed E-state index contributed by atoms with van der Waals surface area (Å²) in [5.74, 6) is 0. The number of nitrogens with zero attached hydrogens (tertiary/aromatic N) is 2. The highest BCUT2D eigenvalue weighted by Crippen LogP contribution is 2.34. The van der Waals surface area contributed by atoms with Crippen LogP contribution in [0, 0.1) is 0 Å². The second-order valence-electron chi connectivity index (χ2n) is 4.99. The molecule has 1 fully saturated rings. The number of alkyl halides is 1. The van der Waals surface area contributed by atoms with Crippen molar-refractivity contribution in [3.63, 3.8) is 0 Å². The number of nitrogens with one attached hydrogen (secondary N) is 1. The van der Waals surface area contributed by atoms with Gasteiger partial charge >= 0.3 is 0 Å². The van der Waals surface area contributed by atoms with Gasteiger partial charge in [0.15, 0.2) is 4.51 Å². The van der Waals surface area contributed by atoms with Crippen LogP contribution in [0.5, 0.6) is 0 Å². The fraction of sp³-hybridized carbons (Fsp3) is 0.667. The summed E-state index contributed by atoms with van der Waals surface area (Å²) in [6, 6.07) is -0.0303. The smallest absolute Gasteiger partial charge is 0.259 e. The molecular formula is C12H20BrN3O3S. The van der Waals surface area contributed by atoms with Crippen LogP contribution in [0.25, 0.3) is 0 Å². The van der Waals surface area contributed by atoms with Crippen LogP contribution < -0.4 is 4.72 Å². The van der Waals surface area contributed by atoms with Crippen molar-refractivity contribution in [2.24, 2.45) is 0 Å². The highest BCUT2D eigenvalue weighted by molar-refractivity contribution is 9.10. The van der Waals surface area contributed by atoms with E-state index in [9.17, 15) is 4.21 Å². The van der Waals surface area contributed by atoms with Crippen molar-refractivity contribution < 1.29 is 13.5 Å². The first-order valence-electron chi connectivity index (χ1n) is 6.40. The van der Waals surface area contributed by atoms with Crippen molar-refractivity contribution >= 4 is 27.2 Å². The first-order valence-corrected chi connectivity index (χ1v) is 8.30. The van der Waals surface area contributed by atoms with E-state index >= 15 is 0 Å². The van der Waals surface area contributed by atoms with E-state index in [-0.39, 0.29) is 6.04 Å². The monoisotopic (exact) mass is 365 g/mol. The van der Waals surface area contributed by atoms with Crippen molar-refractivity contribution in [3.8, 4) is 0 Å². The minimum Gasteiger partial charge on any atom is -0.361 e. The first kappa shape index (κ1) is 16.1. The zero-order chi connectivity index (χ0) is 14.8. The van der Waals surface area contributed by atoms with Gasteiger partial charge in [0.2, 0.25) is 0 Å². The molecule has 1 aliphatic carbocycles. The molecule has 0 aromatic carbocycles. The van der Waals surface area contributed by atoms with Crippen LogP contribution in [-0.2, 0) is 16.0 Å². The van der Waals surface area contributed by atoms with Crippen molar-refractivity contribution in [2.75, 3.05) is 40.3 Å². The van der Waals surface area contributed by atoms with Gasteiger partial charge in [0.25, 0.3) is 11.3 Å². The molecule has 0 aromatic rings. The Hall–Kier alpha value is -0.250. The third-order valence-corrected chi connectivity index (χ3v) is 5.15. The molecule has 6 nitrogen and oxygen atoms in total. The summed E-state index contributed by atoms with van der Waals surface area (Å²) in [5, 5.41) is 0. The zero-order valence-electron chi connectivity index (χ0n) is 11.6. The molecule has 0 aromatic heterocycles. The lowest BCUT2D eigenvalue weighted by Gasteiger charge is -2.43. The maximum Gasteiger partial charge on any atom is 0.259 e. The van der Waals surface area contributed by atoms with E-state index in [0.717, 1.165) is 26.2 Å². The molecule has 8 heteroatoms. The number of methoxy groups -OCH3 is 1. The molecule has 3 unspecified atom stereocenters. The largest absolute Gasteiger partial charge is 0.361 e. The summed E-state index contributed by atoms with van der Waals surface area (Å²) in [7, 11) is 3.76. The van der Waals surface area contributed by atoms with Crippen LogP contribution in [0.1, 0.15) is 0 Å². The minimum absolute atomic E-state index is 0.0303. The van der Waals surface area contributed by atoms with Gasteiger partial charge in [-0.05, 0) is 41.2 Å². The molecule has 0 radical (unpaired) electrons. The predicted octanol–water partition coefficient (Wildman–Crippen LogP) is 0.520. The molecule has 2 rings (SSSR count). The summed E-state index contributed by atoms with van der Waals surface area (Å²) < 4.78 is 27.3. The normalized spacial score (nSPS) is 33.8. The van der Waals surface area contributed by atoms with Crippen molar-refractivity contribution in [1.29, 1.82) is 0 Å². The van der Waals surface area contributed by atoms with Crippen LogP contribution in [-0.4, -0.2) is 69.5 Å². The van der Waals surface area contributed by atoms with Gasteiger partial charge in [-0.3, -0.25) is 14.2 Å². The van der Waals surface area contributed by atoms with Crippen molar-refractivity contribution in [1.82, 2.24) is 14.5 Å². The Labute approximate surface area is 130 Å². The number of ether oxygens (including phenoxy) is 1. The van der Waals surface area contributed by atoms with Gasteiger partial charge < -0.3 is 9.64 Å². The molecule has 2 aliphatic rings.